The summed E-state index contributed by atoms with van der Waals surface area (Å²) in [6, 6.07) is 5.71. The number of imidazole rings is 1. The summed E-state index contributed by atoms with van der Waals surface area (Å²) in [6.45, 7) is 6.59. The number of fused-ring (bicyclic) bond motifs is 1. The van der Waals surface area contributed by atoms with E-state index >= 15 is 0 Å². The molecule has 0 aliphatic carbocycles. The molecule has 0 spiro atoms. The zero-order valence-electron chi connectivity index (χ0n) is 12.3. The summed E-state index contributed by atoms with van der Waals surface area (Å²) < 4.78 is 7.68. The van der Waals surface area contributed by atoms with E-state index in [1.54, 1.807) is 0 Å². The van der Waals surface area contributed by atoms with Crippen LogP contribution in [0.2, 0.25) is 0 Å². The van der Waals surface area contributed by atoms with E-state index in [1.807, 2.05) is 43.5 Å². The zero-order chi connectivity index (χ0) is 14.7. The van der Waals surface area contributed by atoms with Crippen LogP contribution in [0.3, 0.4) is 0 Å². The summed E-state index contributed by atoms with van der Waals surface area (Å²) in [5.41, 5.74) is 7.95. The molecule has 20 heavy (non-hydrogen) atoms. The Morgan fingerprint density at radius 3 is 2.75 bits per heavy atom. The third-order valence-corrected chi connectivity index (χ3v) is 3.22. The number of ether oxygens (including phenoxy) is 1. The van der Waals surface area contributed by atoms with Crippen LogP contribution in [-0.2, 0) is 6.54 Å². The molecule has 0 saturated carbocycles. The van der Waals surface area contributed by atoms with Gasteiger partial charge in [0.1, 0.15) is 11.6 Å². The van der Waals surface area contributed by atoms with E-state index in [-0.39, 0.29) is 18.8 Å². The minimum atomic E-state index is -0.122. The molecule has 5 nitrogen and oxygen atoms in total. The molecular weight excluding hydrogens is 254 g/mol. The number of aliphatic hydroxyl groups excluding tert-OH is 1. The summed E-state index contributed by atoms with van der Waals surface area (Å²) in [5, 5.41) is 9.24. The van der Waals surface area contributed by atoms with Crippen molar-refractivity contribution in [2.75, 3.05) is 6.61 Å². The molecule has 1 aromatic carbocycles. The molecule has 3 N–H and O–H groups in total. The third kappa shape index (κ3) is 2.94. The molecule has 0 radical (unpaired) electrons. The van der Waals surface area contributed by atoms with Gasteiger partial charge in [0, 0.05) is 12.6 Å². The van der Waals surface area contributed by atoms with Crippen LogP contribution in [0.5, 0.6) is 5.75 Å². The normalized spacial score (nSPS) is 13.1. The van der Waals surface area contributed by atoms with Crippen molar-refractivity contribution in [1.29, 1.82) is 0 Å². The van der Waals surface area contributed by atoms with Gasteiger partial charge < -0.3 is 20.1 Å². The Morgan fingerprint density at radius 2 is 2.15 bits per heavy atom. The first-order valence-electron chi connectivity index (χ1n) is 7.10. The Morgan fingerprint density at radius 1 is 1.40 bits per heavy atom. The smallest absolute Gasteiger partial charge is 0.126 e. The third-order valence-electron chi connectivity index (χ3n) is 3.22. The molecule has 0 aliphatic rings. The molecule has 2 aromatic rings. The van der Waals surface area contributed by atoms with Crippen molar-refractivity contribution in [2.45, 2.75) is 45.9 Å². The summed E-state index contributed by atoms with van der Waals surface area (Å²) in [7, 11) is 0. The lowest BCUT2D eigenvalue weighted by Gasteiger charge is -2.12. The molecule has 1 heterocycles. The molecule has 1 atom stereocenters. The quantitative estimate of drug-likeness (QED) is 0.849. The fourth-order valence-corrected chi connectivity index (χ4v) is 2.27. The lowest BCUT2D eigenvalue weighted by atomic mass is 10.2. The molecule has 2 rings (SSSR count). The fraction of sp³-hybridized carbons (Fsp3) is 0.533. The minimum absolute atomic E-state index is 0.0686. The van der Waals surface area contributed by atoms with Gasteiger partial charge in [0.15, 0.2) is 0 Å². The topological polar surface area (TPSA) is 73.3 Å². The number of hydrogen-bond donors (Lipinski definition) is 2. The van der Waals surface area contributed by atoms with E-state index in [2.05, 4.69) is 4.98 Å². The average molecular weight is 277 g/mol. The highest BCUT2D eigenvalue weighted by molar-refractivity contribution is 5.78. The van der Waals surface area contributed by atoms with Gasteiger partial charge in [-0.05, 0) is 32.4 Å². The van der Waals surface area contributed by atoms with Gasteiger partial charge in [-0.25, -0.2) is 4.98 Å². The summed E-state index contributed by atoms with van der Waals surface area (Å²) in [4.78, 5) is 4.62. The first-order valence-corrected chi connectivity index (χ1v) is 7.10. The number of rotatable bonds is 6. The molecule has 1 aromatic heterocycles. The second kappa shape index (κ2) is 6.24. The van der Waals surface area contributed by atoms with Gasteiger partial charge >= 0.3 is 0 Å². The first kappa shape index (κ1) is 14.8. The first-order chi connectivity index (χ1) is 9.56. The van der Waals surface area contributed by atoms with Crippen LogP contribution >= 0.6 is 0 Å². The van der Waals surface area contributed by atoms with E-state index in [4.69, 9.17) is 10.5 Å². The van der Waals surface area contributed by atoms with E-state index in [1.165, 1.54) is 0 Å². The number of aliphatic hydroxyl groups is 1. The SMILES string of the molecule is CCC(N)c1nc2cc(OC(C)C)ccc2n1CCO. The van der Waals surface area contributed by atoms with Crippen LogP contribution in [0, 0.1) is 0 Å². The van der Waals surface area contributed by atoms with E-state index in [9.17, 15) is 5.11 Å². The maximum absolute atomic E-state index is 9.24. The van der Waals surface area contributed by atoms with Gasteiger partial charge in [0.05, 0.1) is 29.8 Å². The second-order valence-corrected chi connectivity index (χ2v) is 5.18. The monoisotopic (exact) mass is 277 g/mol. The highest BCUT2D eigenvalue weighted by Gasteiger charge is 2.16. The van der Waals surface area contributed by atoms with Crippen molar-refractivity contribution in [3.63, 3.8) is 0 Å². The maximum Gasteiger partial charge on any atom is 0.126 e. The van der Waals surface area contributed by atoms with Crippen molar-refractivity contribution >= 4 is 11.0 Å². The van der Waals surface area contributed by atoms with Crippen LogP contribution in [0.1, 0.15) is 39.1 Å². The fourth-order valence-electron chi connectivity index (χ4n) is 2.27. The Labute approximate surface area is 119 Å². The van der Waals surface area contributed by atoms with Crippen molar-refractivity contribution in [3.05, 3.63) is 24.0 Å². The lowest BCUT2D eigenvalue weighted by Crippen LogP contribution is -2.17. The van der Waals surface area contributed by atoms with Gasteiger partial charge in [-0.3, -0.25) is 0 Å². The van der Waals surface area contributed by atoms with E-state index in [0.29, 0.717) is 6.54 Å². The Bertz CT molecular complexity index is 578. The van der Waals surface area contributed by atoms with Crippen LogP contribution < -0.4 is 10.5 Å². The number of nitrogens with zero attached hydrogens (tertiary/aromatic N) is 2. The van der Waals surface area contributed by atoms with Gasteiger partial charge in [0.25, 0.3) is 0 Å². The van der Waals surface area contributed by atoms with Crippen molar-refractivity contribution in [1.82, 2.24) is 9.55 Å². The maximum atomic E-state index is 9.24. The Balaban J connectivity index is 2.49. The largest absolute Gasteiger partial charge is 0.491 e. The summed E-state index contributed by atoms with van der Waals surface area (Å²) in [6.07, 6.45) is 0.939. The Kier molecular flexibility index (Phi) is 4.62. The Hall–Kier alpha value is -1.59. The van der Waals surface area contributed by atoms with Gasteiger partial charge in [-0.15, -0.1) is 0 Å². The molecule has 1 unspecified atom stereocenters. The number of hydrogen-bond acceptors (Lipinski definition) is 4. The minimum Gasteiger partial charge on any atom is -0.491 e. The van der Waals surface area contributed by atoms with Crippen LogP contribution in [-0.4, -0.2) is 27.4 Å². The number of aromatic nitrogens is 2. The molecule has 110 valence electrons. The lowest BCUT2D eigenvalue weighted by molar-refractivity contribution is 0.242. The standard InChI is InChI=1S/C15H23N3O2/c1-4-12(16)15-17-13-9-11(20-10(2)3)5-6-14(13)18(15)7-8-19/h5-6,9-10,12,19H,4,7-8,16H2,1-3H3. The molecule has 0 fully saturated rings. The van der Waals surface area contributed by atoms with Crippen LogP contribution in [0.25, 0.3) is 11.0 Å². The highest BCUT2D eigenvalue weighted by Crippen LogP contribution is 2.25. The molecule has 0 bridgehead atoms. The molecule has 0 saturated heterocycles. The second-order valence-electron chi connectivity index (χ2n) is 5.18. The predicted octanol–water partition coefficient (Wildman–Crippen LogP) is 2.23. The average Bonchev–Trinajstić information content (AvgIpc) is 2.76. The number of benzene rings is 1. The zero-order valence-corrected chi connectivity index (χ0v) is 12.3. The van der Waals surface area contributed by atoms with E-state index < -0.39 is 0 Å². The van der Waals surface area contributed by atoms with Gasteiger partial charge in [0.2, 0.25) is 0 Å². The van der Waals surface area contributed by atoms with Crippen LogP contribution in [0.4, 0.5) is 0 Å². The number of nitrogens with two attached hydrogens (primary N) is 1. The van der Waals surface area contributed by atoms with E-state index in [0.717, 1.165) is 29.0 Å². The van der Waals surface area contributed by atoms with Crippen molar-refractivity contribution in [2.24, 2.45) is 5.73 Å². The van der Waals surface area contributed by atoms with Gasteiger partial charge in [-0.2, -0.15) is 0 Å². The van der Waals surface area contributed by atoms with Crippen molar-refractivity contribution in [3.8, 4) is 5.75 Å². The molecule has 5 heteroatoms. The summed E-state index contributed by atoms with van der Waals surface area (Å²) >= 11 is 0. The van der Waals surface area contributed by atoms with Gasteiger partial charge in [-0.1, -0.05) is 6.92 Å². The molecular formula is C15H23N3O2. The predicted molar refractivity (Wildman–Crippen MR) is 79.8 cm³/mol. The molecule has 0 aliphatic heterocycles. The summed E-state index contributed by atoms with van der Waals surface area (Å²) in [5.74, 6) is 1.62. The molecule has 0 amide bonds. The highest BCUT2D eigenvalue weighted by atomic mass is 16.5. The van der Waals surface area contributed by atoms with Crippen LogP contribution in [0.15, 0.2) is 18.2 Å². The van der Waals surface area contributed by atoms with Crippen molar-refractivity contribution < 1.29 is 9.84 Å².